The Hall–Kier alpha value is -1.86. The third-order valence-electron chi connectivity index (χ3n) is 3.38. The van der Waals surface area contributed by atoms with Gasteiger partial charge in [-0.25, -0.2) is 13.6 Å². The number of benzene rings is 1. The molecule has 1 aliphatic rings. The fraction of sp³-hybridized carbons (Fsp3) is 0.357. The van der Waals surface area contributed by atoms with Crippen LogP contribution in [0, 0.1) is 5.92 Å². The number of nitrogens with one attached hydrogen (secondary N) is 1. The number of ether oxygens (including phenoxy) is 1. The van der Waals surface area contributed by atoms with E-state index in [2.05, 4.69) is 11.4 Å². The molecule has 0 fully saturated rings. The number of methoxy groups -OCH3 is 1. The summed E-state index contributed by atoms with van der Waals surface area (Å²) in [6.45, 7) is 0. The number of hydrogen-bond donors (Lipinski definition) is 2. The molecule has 1 aromatic carbocycles. The standard InChI is InChI=1S/C14H18N2O4S/c1-20-12-8-7-11(9-13(12)21(15,18)19)16-14(17)10-5-3-2-4-6-10/h2-3,7-10H,4-6H2,1H3,(H,16,17)(H2,15,18,19). The first-order valence-corrected chi connectivity index (χ1v) is 8.13. The van der Waals surface area contributed by atoms with Crippen molar-refractivity contribution >= 4 is 21.6 Å². The molecular weight excluding hydrogens is 292 g/mol. The Labute approximate surface area is 124 Å². The number of sulfonamides is 1. The van der Waals surface area contributed by atoms with Crippen molar-refractivity contribution in [1.29, 1.82) is 0 Å². The summed E-state index contributed by atoms with van der Waals surface area (Å²) in [6.07, 6.45) is 6.40. The van der Waals surface area contributed by atoms with Gasteiger partial charge in [-0.1, -0.05) is 12.2 Å². The Balaban J connectivity index is 2.21. The largest absolute Gasteiger partial charge is 0.495 e. The first kappa shape index (κ1) is 15.5. The minimum atomic E-state index is -3.92. The van der Waals surface area contributed by atoms with E-state index in [-0.39, 0.29) is 22.5 Å². The third kappa shape index (κ3) is 3.83. The molecule has 2 rings (SSSR count). The number of allylic oxidation sites excluding steroid dienone is 2. The lowest BCUT2D eigenvalue weighted by molar-refractivity contribution is -0.120. The molecular formula is C14H18N2O4S. The zero-order valence-electron chi connectivity index (χ0n) is 11.7. The van der Waals surface area contributed by atoms with Gasteiger partial charge in [0.2, 0.25) is 15.9 Å². The fourth-order valence-electron chi connectivity index (χ4n) is 2.25. The second-order valence-corrected chi connectivity index (χ2v) is 6.41. The van der Waals surface area contributed by atoms with E-state index in [4.69, 9.17) is 9.88 Å². The van der Waals surface area contributed by atoms with E-state index in [1.54, 1.807) is 6.07 Å². The van der Waals surface area contributed by atoms with Crippen molar-refractivity contribution in [1.82, 2.24) is 0 Å². The van der Waals surface area contributed by atoms with Crippen LogP contribution in [0.3, 0.4) is 0 Å². The van der Waals surface area contributed by atoms with E-state index in [9.17, 15) is 13.2 Å². The monoisotopic (exact) mass is 310 g/mol. The third-order valence-corrected chi connectivity index (χ3v) is 4.31. The molecule has 0 spiro atoms. The Bertz CT molecular complexity index is 668. The maximum Gasteiger partial charge on any atom is 0.241 e. The highest BCUT2D eigenvalue weighted by atomic mass is 32.2. The lowest BCUT2D eigenvalue weighted by Crippen LogP contribution is -2.23. The second-order valence-electron chi connectivity index (χ2n) is 4.88. The van der Waals surface area contributed by atoms with Gasteiger partial charge in [0.1, 0.15) is 10.6 Å². The molecule has 0 bridgehead atoms. The van der Waals surface area contributed by atoms with Gasteiger partial charge in [0.25, 0.3) is 0 Å². The average molecular weight is 310 g/mol. The first-order valence-electron chi connectivity index (χ1n) is 6.58. The Kier molecular flexibility index (Phi) is 4.64. The van der Waals surface area contributed by atoms with E-state index in [0.29, 0.717) is 12.1 Å². The molecule has 0 saturated carbocycles. The van der Waals surface area contributed by atoms with Gasteiger partial charge in [-0.2, -0.15) is 0 Å². The van der Waals surface area contributed by atoms with Gasteiger partial charge in [0.05, 0.1) is 7.11 Å². The molecule has 0 heterocycles. The molecule has 1 amide bonds. The van der Waals surface area contributed by atoms with Crippen LogP contribution in [0.25, 0.3) is 0 Å². The second kappa shape index (κ2) is 6.28. The molecule has 1 atom stereocenters. The molecule has 1 unspecified atom stereocenters. The zero-order chi connectivity index (χ0) is 15.5. The van der Waals surface area contributed by atoms with Gasteiger partial charge in [-0.05, 0) is 37.5 Å². The lowest BCUT2D eigenvalue weighted by Gasteiger charge is -2.17. The normalized spacial score (nSPS) is 18.3. The smallest absolute Gasteiger partial charge is 0.241 e. The van der Waals surface area contributed by atoms with Gasteiger partial charge in [0, 0.05) is 11.6 Å². The van der Waals surface area contributed by atoms with E-state index >= 15 is 0 Å². The van der Waals surface area contributed by atoms with E-state index in [1.807, 2.05) is 6.08 Å². The summed E-state index contributed by atoms with van der Waals surface area (Å²) < 4.78 is 28.0. The van der Waals surface area contributed by atoms with Crippen LogP contribution in [0.15, 0.2) is 35.2 Å². The summed E-state index contributed by atoms with van der Waals surface area (Å²) >= 11 is 0. The molecule has 0 saturated heterocycles. The van der Waals surface area contributed by atoms with E-state index in [0.717, 1.165) is 12.8 Å². The quantitative estimate of drug-likeness (QED) is 0.826. The number of carbonyl (C=O) groups is 1. The topological polar surface area (TPSA) is 98.5 Å². The van der Waals surface area contributed by atoms with Crippen molar-refractivity contribution in [2.24, 2.45) is 11.1 Å². The summed E-state index contributed by atoms with van der Waals surface area (Å²) in [5.41, 5.74) is 0.388. The molecule has 7 heteroatoms. The summed E-state index contributed by atoms with van der Waals surface area (Å²) in [7, 11) is -2.56. The van der Waals surface area contributed by atoms with Crippen molar-refractivity contribution < 1.29 is 17.9 Å². The van der Waals surface area contributed by atoms with Crippen molar-refractivity contribution in [3.63, 3.8) is 0 Å². The highest BCUT2D eigenvalue weighted by Crippen LogP contribution is 2.27. The number of rotatable bonds is 4. The average Bonchev–Trinajstić information content (AvgIpc) is 2.47. The van der Waals surface area contributed by atoms with Gasteiger partial charge in [-0.15, -0.1) is 0 Å². The molecule has 3 N–H and O–H groups in total. The molecule has 1 aliphatic carbocycles. The first-order chi connectivity index (χ1) is 9.91. The molecule has 1 aromatic rings. The zero-order valence-corrected chi connectivity index (χ0v) is 12.5. The van der Waals surface area contributed by atoms with Crippen molar-refractivity contribution in [3.8, 4) is 5.75 Å². The van der Waals surface area contributed by atoms with Crippen LogP contribution < -0.4 is 15.2 Å². The number of anilines is 1. The number of hydrogen-bond acceptors (Lipinski definition) is 4. The van der Waals surface area contributed by atoms with Crippen LogP contribution in [0.4, 0.5) is 5.69 Å². The number of primary sulfonamides is 1. The lowest BCUT2D eigenvalue weighted by atomic mass is 9.93. The number of amides is 1. The molecule has 0 aliphatic heterocycles. The molecule has 114 valence electrons. The molecule has 6 nitrogen and oxygen atoms in total. The molecule has 0 aromatic heterocycles. The van der Waals surface area contributed by atoms with Crippen LogP contribution in [0.1, 0.15) is 19.3 Å². The Morgan fingerprint density at radius 1 is 1.38 bits per heavy atom. The summed E-state index contributed by atoms with van der Waals surface area (Å²) in [6, 6.07) is 4.37. The van der Waals surface area contributed by atoms with Gasteiger partial charge >= 0.3 is 0 Å². The number of nitrogens with two attached hydrogens (primary N) is 1. The maximum absolute atomic E-state index is 12.1. The minimum absolute atomic E-state index is 0.0879. The Morgan fingerprint density at radius 3 is 2.71 bits per heavy atom. The predicted molar refractivity (Wildman–Crippen MR) is 79.5 cm³/mol. The van der Waals surface area contributed by atoms with Gasteiger partial charge in [-0.3, -0.25) is 4.79 Å². The Morgan fingerprint density at radius 2 is 2.14 bits per heavy atom. The van der Waals surface area contributed by atoms with Gasteiger partial charge in [0.15, 0.2) is 0 Å². The molecule has 21 heavy (non-hydrogen) atoms. The molecule has 0 radical (unpaired) electrons. The summed E-state index contributed by atoms with van der Waals surface area (Å²) in [5, 5.41) is 7.87. The van der Waals surface area contributed by atoms with Crippen LogP contribution in [-0.4, -0.2) is 21.4 Å². The predicted octanol–water partition coefficient (Wildman–Crippen LogP) is 1.64. The number of carbonyl (C=O) groups excluding carboxylic acids is 1. The summed E-state index contributed by atoms with van der Waals surface area (Å²) in [5.74, 6) is -0.0592. The van der Waals surface area contributed by atoms with Crippen LogP contribution in [-0.2, 0) is 14.8 Å². The van der Waals surface area contributed by atoms with Crippen LogP contribution in [0.5, 0.6) is 5.75 Å². The highest BCUT2D eigenvalue weighted by molar-refractivity contribution is 7.89. The SMILES string of the molecule is COc1ccc(NC(=O)C2CC=CCC2)cc1S(N)(=O)=O. The highest BCUT2D eigenvalue weighted by Gasteiger charge is 2.20. The van der Waals surface area contributed by atoms with Crippen molar-refractivity contribution in [3.05, 3.63) is 30.4 Å². The van der Waals surface area contributed by atoms with E-state index in [1.165, 1.54) is 19.2 Å². The van der Waals surface area contributed by atoms with E-state index < -0.39 is 10.0 Å². The van der Waals surface area contributed by atoms with Crippen molar-refractivity contribution in [2.45, 2.75) is 24.2 Å². The summed E-state index contributed by atoms with van der Waals surface area (Å²) in [4.78, 5) is 12.0. The minimum Gasteiger partial charge on any atom is -0.495 e. The van der Waals surface area contributed by atoms with Gasteiger partial charge < -0.3 is 10.1 Å². The van der Waals surface area contributed by atoms with Crippen LogP contribution >= 0.6 is 0 Å². The van der Waals surface area contributed by atoms with Crippen LogP contribution in [0.2, 0.25) is 0 Å². The fourth-order valence-corrected chi connectivity index (χ4v) is 2.98. The maximum atomic E-state index is 12.1. The van der Waals surface area contributed by atoms with Crippen molar-refractivity contribution in [2.75, 3.05) is 12.4 Å².